The molecule has 1 radical (unpaired) electrons. The van der Waals surface area contributed by atoms with Crippen LogP contribution in [0, 0.1) is 0 Å². The fourth-order valence-corrected chi connectivity index (χ4v) is 1.50. The van der Waals surface area contributed by atoms with Crippen LogP contribution in [0.25, 0.3) is 5.57 Å². The van der Waals surface area contributed by atoms with E-state index in [2.05, 4.69) is 63.5 Å². The summed E-state index contributed by atoms with van der Waals surface area (Å²) in [5.41, 5.74) is 3.77. The molecular weight excluding hydrogens is 191 g/mol. The normalized spacial score (nSPS) is 12.6. The topological polar surface area (TPSA) is 0 Å². The van der Waals surface area contributed by atoms with Crippen molar-refractivity contribution in [2.24, 2.45) is 0 Å². The average Bonchev–Trinajstić information content (AvgIpc) is 2.35. The second kappa shape index (κ2) is 6.89. The van der Waals surface area contributed by atoms with E-state index in [4.69, 9.17) is 0 Å². The molecule has 0 amide bonds. The molecule has 0 nitrogen and oxygen atoms in total. The molecule has 0 bridgehead atoms. The Kier molecular flexibility index (Phi) is 5.42. The second-order valence-electron chi connectivity index (χ2n) is 3.54. The van der Waals surface area contributed by atoms with Crippen LogP contribution in [0.1, 0.15) is 19.4 Å². The number of benzene rings is 1. The van der Waals surface area contributed by atoms with Crippen LogP contribution in [0.2, 0.25) is 6.82 Å². The van der Waals surface area contributed by atoms with E-state index in [9.17, 15) is 0 Å². The van der Waals surface area contributed by atoms with Crippen LogP contribution in [-0.4, -0.2) is 7.28 Å². The van der Waals surface area contributed by atoms with Crippen LogP contribution in [0.15, 0.2) is 54.6 Å². The van der Waals surface area contributed by atoms with E-state index in [0.717, 1.165) is 0 Å². The molecule has 0 aromatic heterocycles. The molecule has 1 heteroatoms. The summed E-state index contributed by atoms with van der Waals surface area (Å²) in [6.45, 7) is 6.14. The highest BCUT2D eigenvalue weighted by atomic mass is 14.0. The minimum absolute atomic E-state index is 1.25. The van der Waals surface area contributed by atoms with E-state index in [1.54, 1.807) is 0 Å². The van der Waals surface area contributed by atoms with Gasteiger partial charge in [0, 0.05) is 0 Å². The van der Waals surface area contributed by atoms with Crippen LogP contribution in [0.3, 0.4) is 0 Å². The van der Waals surface area contributed by atoms with Crippen molar-refractivity contribution in [1.82, 2.24) is 0 Å². The summed E-state index contributed by atoms with van der Waals surface area (Å²) in [6.07, 6.45) is 10.4. The molecule has 0 spiro atoms. The van der Waals surface area contributed by atoms with Gasteiger partial charge in [0.15, 0.2) is 0 Å². The molecule has 1 aromatic rings. The zero-order valence-corrected chi connectivity index (χ0v) is 10.3. The second-order valence-corrected chi connectivity index (χ2v) is 3.54. The summed E-state index contributed by atoms with van der Waals surface area (Å²) in [4.78, 5) is 0. The van der Waals surface area contributed by atoms with Gasteiger partial charge in [0.25, 0.3) is 0 Å². The van der Waals surface area contributed by atoms with Gasteiger partial charge in [-0.3, -0.25) is 0 Å². The van der Waals surface area contributed by atoms with Gasteiger partial charge in [-0.15, -0.1) is 0 Å². The summed E-state index contributed by atoms with van der Waals surface area (Å²) in [5.74, 6) is 0. The van der Waals surface area contributed by atoms with Crippen LogP contribution >= 0.6 is 0 Å². The molecule has 0 N–H and O–H groups in total. The summed E-state index contributed by atoms with van der Waals surface area (Å²) in [6, 6.07) is 8.60. The van der Waals surface area contributed by atoms with Crippen LogP contribution in [-0.2, 0) is 0 Å². The third-order valence-electron chi connectivity index (χ3n) is 2.47. The van der Waals surface area contributed by atoms with Gasteiger partial charge in [0.2, 0.25) is 0 Å². The van der Waals surface area contributed by atoms with Crippen LogP contribution in [0.5, 0.6) is 0 Å². The highest BCUT2D eigenvalue weighted by Gasteiger charge is 1.96. The Morgan fingerprint density at radius 2 is 1.75 bits per heavy atom. The zero-order valence-electron chi connectivity index (χ0n) is 10.3. The maximum Gasteiger partial charge on any atom is 0.148 e. The monoisotopic (exact) mass is 209 g/mol. The Bertz CT molecular complexity index is 394. The van der Waals surface area contributed by atoms with Gasteiger partial charge in [0.05, 0.1) is 0 Å². The Morgan fingerprint density at radius 1 is 1.06 bits per heavy atom. The largest absolute Gasteiger partial charge is 0.148 e. The first-order valence-electron chi connectivity index (χ1n) is 5.67. The highest BCUT2D eigenvalue weighted by Crippen LogP contribution is 2.14. The smallest absolute Gasteiger partial charge is 0.0881 e. The summed E-state index contributed by atoms with van der Waals surface area (Å²) in [7, 11) is 2.11. The van der Waals surface area contributed by atoms with Crippen molar-refractivity contribution in [3.8, 4) is 0 Å². The van der Waals surface area contributed by atoms with Gasteiger partial charge in [-0.2, -0.15) is 0 Å². The lowest BCUT2D eigenvalue weighted by Crippen LogP contribution is -2.08. The molecule has 0 unspecified atom stereocenters. The van der Waals surface area contributed by atoms with Crippen molar-refractivity contribution in [2.45, 2.75) is 20.7 Å². The summed E-state index contributed by atoms with van der Waals surface area (Å²) < 4.78 is 0. The van der Waals surface area contributed by atoms with Crippen molar-refractivity contribution in [2.75, 3.05) is 0 Å². The number of allylic oxidation sites excluding steroid dienone is 6. The maximum atomic E-state index is 2.16. The van der Waals surface area contributed by atoms with E-state index in [0.29, 0.717) is 0 Å². The van der Waals surface area contributed by atoms with Crippen molar-refractivity contribution >= 4 is 18.3 Å². The molecule has 0 aliphatic heterocycles. The molecule has 1 aromatic carbocycles. The zero-order chi connectivity index (χ0) is 11.8. The third kappa shape index (κ3) is 3.58. The molecule has 0 heterocycles. The number of hydrogen-bond acceptors (Lipinski definition) is 0. The molecule has 0 aliphatic rings. The van der Waals surface area contributed by atoms with Gasteiger partial charge in [0.1, 0.15) is 7.28 Å². The highest BCUT2D eigenvalue weighted by molar-refractivity contribution is 6.51. The molecule has 1 rings (SSSR count). The molecule has 0 fully saturated rings. The van der Waals surface area contributed by atoms with E-state index in [1.165, 1.54) is 16.6 Å². The predicted octanol–water partition coefficient (Wildman–Crippen LogP) is 3.60. The minimum Gasteiger partial charge on any atom is -0.0881 e. The molecule has 0 aliphatic carbocycles. The molecule has 0 saturated carbocycles. The van der Waals surface area contributed by atoms with Crippen molar-refractivity contribution in [1.29, 1.82) is 0 Å². The molecule has 16 heavy (non-hydrogen) atoms. The Labute approximate surface area is 99.6 Å². The van der Waals surface area contributed by atoms with E-state index < -0.39 is 0 Å². The van der Waals surface area contributed by atoms with Gasteiger partial charge in [-0.1, -0.05) is 66.9 Å². The van der Waals surface area contributed by atoms with E-state index >= 15 is 0 Å². The summed E-state index contributed by atoms with van der Waals surface area (Å²) >= 11 is 0. The van der Waals surface area contributed by atoms with Gasteiger partial charge < -0.3 is 0 Å². The standard InChI is InChI=1S/C15H18B/c1-4-6-7-8-13(5-2)14-9-11-15(16-3)12-10-14/h4-12H,1-3H3/b6-4-,8-7-,13-5+. The van der Waals surface area contributed by atoms with Crippen LogP contribution < -0.4 is 5.46 Å². The van der Waals surface area contributed by atoms with Gasteiger partial charge in [-0.05, 0) is 25.0 Å². The first kappa shape index (κ1) is 12.6. The lowest BCUT2D eigenvalue weighted by atomic mass is 9.73. The van der Waals surface area contributed by atoms with Crippen LogP contribution in [0.4, 0.5) is 0 Å². The average molecular weight is 209 g/mol. The van der Waals surface area contributed by atoms with Crippen molar-refractivity contribution in [3.63, 3.8) is 0 Å². The Morgan fingerprint density at radius 3 is 2.25 bits per heavy atom. The first-order valence-corrected chi connectivity index (χ1v) is 5.67. The lowest BCUT2D eigenvalue weighted by Gasteiger charge is -2.03. The van der Waals surface area contributed by atoms with Gasteiger partial charge in [-0.25, -0.2) is 0 Å². The molecule has 0 atom stereocenters. The van der Waals surface area contributed by atoms with E-state index in [1.807, 2.05) is 19.1 Å². The maximum absolute atomic E-state index is 2.16. The number of rotatable bonds is 4. The molecule has 81 valence electrons. The van der Waals surface area contributed by atoms with Crippen molar-refractivity contribution < 1.29 is 0 Å². The third-order valence-corrected chi connectivity index (χ3v) is 2.47. The fourth-order valence-electron chi connectivity index (χ4n) is 1.50. The quantitative estimate of drug-likeness (QED) is 0.525. The van der Waals surface area contributed by atoms with Gasteiger partial charge >= 0.3 is 0 Å². The lowest BCUT2D eigenvalue weighted by molar-refractivity contribution is 1.61. The Balaban J connectivity index is 2.88. The summed E-state index contributed by atoms with van der Waals surface area (Å²) in [5, 5.41) is 0. The van der Waals surface area contributed by atoms with Crippen molar-refractivity contribution in [3.05, 3.63) is 60.2 Å². The Hall–Kier alpha value is -1.50. The fraction of sp³-hybridized carbons (Fsp3) is 0.200. The SMILES string of the molecule is C[B]c1ccc(C(/C=C\C=C/C)=C/C)cc1. The molecular formula is C15H18B. The predicted molar refractivity (Wildman–Crippen MR) is 75.3 cm³/mol. The minimum atomic E-state index is 1.25. The number of hydrogen-bond donors (Lipinski definition) is 0. The first-order chi connectivity index (χ1) is 7.81. The van der Waals surface area contributed by atoms with E-state index in [-0.39, 0.29) is 0 Å². The molecule has 0 saturated heterocycles.